The molecule has 1 aliphatic carbocycles. The number of aromatic nitrogens is 1. The van der Waals surface area contributed by atoms with Crippen LogP contribution in [0.4, 0.5) is 5.69 Å². The topological polar surface area (TPSA) is 65.3 Å². The lowest BCUT2D eigenvalue weighted by Crippen LogP contribution is -2.03. The van der Waals surface area contributed by atoms with E-state index in [0.29, 0.717) is 11.4 Å². The first-order valence-electron chi connectivity index (χ1n) is 5.39. The van der Waals surface area contributed by atoms with E-state index >= 15 is 0 Å². The van der Waals surface area contributed by atoms with Crippen LogP contribution in [0.5, 0.6) is 5.75 Å². The van der Waals surface area contributed by atoms with Crippen LogP contribution in [-0.2, 0) is 0 Å². The molecule has 0 aliphatic heterocycles. The summed E-state index contributed by atoms with van der Waals surface area (Å²) in [5.74, 6) is 0.536. The number of hydrogen-bond acceptors (Lipinski definition) is 4. The zero-order valence-corrected chi connectivity index (χ0v) is 9.34. The third kappa shape index (κ3) is 2.29. The van der Waals surface area contributed by atoms with Gasteiger partial charge in [-0.15, -0.1) is 0 Å². The first-order valence-corrected chi connectivity index (χ1v) is 5.39. The average molecular weight is 222 g/mol. The molecule has 2 rings (SSSR count). The van der Waals surface area contributed by atoms with Gasteiger partial charge in [-0.3, -0.25) is 10.1 Å². The fourth-order valence-electron chi connectivity index (χ4n) is 1.48. The van der Waals surface area contributed by atoms with Gasteiger partial charge >= 0.3 is 0 Å². The van der Waals surface area contributed by atoms with Crippen LogP contribution in [-0.4, -0.2) is 16.0 Å². The second-order valence-corrected chi connectivity index (χ2v) is 4.30. The van der Waals surface area contributed by atoms with E-state index in [4.69, 9.17) is 4.74 Å². The summed E-state index contributed by atoms with van der Waals surface area (Å²) in [5, 5.41) is 10.9. The monoisotopic (exact) mass is 222 g/mol. The SMILES string of the molecule is CC(C)c1ncc(OC2CC2)cc1[N+](=O)[O-]. The van der Waals surface area contributed by atoms with E-state index in [9.17, 15) is 10.1 Å². The Bertz CT molecular complexity index is 414. The Morgan fingerprint density at radius 2 is 2.25 bits per heavy atom. The molecule has 5 nitrogen and oxygen atoms in total. The van der Waals surface area contributed by atoms with Gasteiger partial charge in [0, 0.05) is 5.92 Å². The maximum absolute atomic E-state index is 10.9. The molecule has 16 heavy (non-hydrogen) atoms. The summed E-state index contributed by atoms with van der Waals surface area (Å²) in [5.41, 5.74) is 0.557. The van der Waals surface area contributed by atoms with Crippen molar-refractivity contribution < 1.29 is 9.66 Å². The molecule has 0 atom stereocenters. The molecule has 0 bridgehead atoms. The van der Waals surface area contributed by atoms with Gasteiger partial charge in [-0.2, -0.15) is 0 Å². The van der Waals surface area contributed by atoms with Crippen LogP contribution in [0.2, 0.25) is 0 Å². The Morgan fingerprint density at radius 3 is 2.75 bits per heavy atom. The third-order valence-electron chi connectivity index (χ3n) is 2.44. The van der Waals surface area contributed by atoms with Crippen LogP contribution in [0.15, 0.2) is 12.3 Å². The van der Waals surface area contributed by atoms with Gasteiger partial charge in [0.05, 0.1) is 23.3 Å². The summed E-state index contributed by atoms with van der Waals surface area (Å²) >= 11 is 0. The Hall–Kier alpha value is -1.65. The highest BCUT2D eigenvalue weighted by Gasteiger charge is 2.25. The number of nitro groups is 1. The van der Waals surface area contributed by atoms with E-state index in [0.717, 1.165) is 12.8 Å². The zero-order valence-electron chi connectivity index (χ0n) is 9.34. The Balaban J connectivity index is 2.30. The van der Waals surface area contributed by atoms with E-state index in [1.807, 2.05) is 13.8 Å². The maximum Gasteiger partial charge on any atom is 0.294 e. The van der Waals surface area contributed by atoms with Crippen molar-refractivity contribution in [2.24, 2.45) is 0 Å². The molecule has 0 saturated heterocycles. The molecule has 0 unspecified atom stereocenters. The lowest BCUT2D eigenvalue weighted by atomic mass is 10.1. The molecule has 5 heteroatoms. The molecule has 1 heterocycles. The van der Waals surface area contributed by atoms with Crippen LogP contribution in [0.1, 0.15) is 38.3 Å². The lowest BCUT2D eigenvalue weighted by molar-refractivity contribution is -0.386. The molecule has 0 aromatic carbocycles. The number of ether oxygens (including phenoxy) is 1. The van der Waals surface area contributed by atoms with Gasteiger partial charge in [-0.1, -0.05) is 13.8 Å². The van der Waals surface area contributed by atoms with Crippen molar-refractivity contribution in [3.63, 3.8) is 0 Å². The van der Waals surface area contributed by atoms with E-state index in [-0.39, 0.29) is 17.7 Å². The largest absolute Gasteiger partial charge is 0.489 e. The molecule has 1 fully saturated rings. The minimum absolute atomic E-state index is 0.0374. The minimum atomic E-state index is -0.401. The van der Waals surface area contributed by atoms with E-state index in [1.54, 1.807) is 6.20 Å². The van der Waals surface area contributed by atoms with Crippen molar-refractivity contribution in [3.8, 4) is 5.75 Å². The predicted octanol–water partition coefficient (Wildman–Crippen LogP) is 2.65. The fourth-order valence-corrected chi connectivity index (χ4v) is 1.48. The van der Waals surface area contributed by atoms with Crippen molar-refractivity contribution in [1.82, 2.24) is 4.98 Å². The molecule has 0 spiro atoms. The van der Waals surface area contributed by atoms with Gasteiger partial charge in [0.15, 0.2) is 0 Å². The third-order valence-corrected chi connectivity index (χ3v) is 2.44. The van der Waals surface area contributed by atoms with Crippen LogP contribution in [0.3, 0.4) is 0 Å². The molecular formula is C11H14N2O3. The summed E-state index contributed by atoms with van der Waals surface area (Å²) in [6.45, 7) is 3.77. The van der Waals surface area contributed by atoms with Crippen molar-refractivity contribution in [2.45, 2.75) is 38.7 Å². The molecular weight excluding hydrogens is 208 g/mol. The second-order valence-electron chi connectivity index (χ2n) is 4.30. The van der Waals surface area contributed by atoms with Gasteiger partial charge in [0.25, 0.3) is 5.69 Å². The number of pyridine rings is 1. The lowest BCUT2D eigenvalue weighted by Gasteiger charge is -2.08. The van der Waals surface area contributed by atoms with Crippen LogP contribution in [0.25, 0.3) is 0 Å². The van der Waals surface area contributed by atoms with Gasteiger partial charge in [0.1, 0.15) is 11.4 Å². The molecule has 0 amide bonds. The Morgan fingerprint density at radius 1 is 1.56 bits per heavy atom. The van der Waals surface area contributed by atoms with Crippen molar-refractivity contribution in [2.75, 3.05) is 0 Å². The van der Waals surface area contributed by atoms with Gasteiger partial charge in [-0.25, -0.2) is 4.98 Å². The molecule has 1 aliphatic rings. The van der Waals surface area contributed by atoms with Crippen molar-refractivity contribution in [1.29, 1.82) is 0 Å². The highest BCUT2D eigenvalue weighted by molar-refractivity contribution is 5.42. The van der Waals surface area contributed by atoms with Gasteiger partial charge < -0.3 is 4.74 Å². The summed E-state index contributed by atoms with van der Waals surface area (Å²) in [4.78, 5) is 14.6. The smallest absolute Gasteiger partial charge is 0.294 e. The van der Waals surface area contributed by atoms with Gasteiger partial charge in [-0.05, 0) is 12.8 Å². The summed E-state index contributed by atoms with van der Waals surface area (Å²) < 4.78 is 5.48. The standard InChI is InChI=1S/C11H14N2O3/c1-7(2)11-10(13(14)15)5-9(6-12-11)16-8-3-4-8/h5-8H,3-4H2,1-2H3. The number of hydrogen-bond donors (Lipinski definition) is 0. The maximum atomic E-state index is 10.9. The zero-order chi connectivity index (χ0) is 11.7. The van der Waals surface area contributed by atoms with E-state index in [2.05, 4.69) is 4.98 Å². The molecule has 0 radical (unpaired) electrons. The van der Waals surface area contributed by atoms with Crippen molar-refractivity contribution in [3.05, 3.63) is 28.1 Å². The minimum Gasteiger partial charge on any atom is -0.489 e. The highest BCUT2D eigenvalue weighted by atomic mass is 16.6. The molecule has 1 aromatic heterocycles. The van der Waals surface area contributed by atoms with Crippen LogP contribution < -0.4 is 4.74 Å². The quantitative estimate of drug-likeness (QED) is 0.580. The van der Waals surface area contributed by atoms with Crippen LogP contribution >= 0.6 is 0 Å². The molecule has 0 N–H and O–H groups in total. The highest BCUT2D eigenvalue weighted by Crippen LogP contribution is 2.31. The first kappa shape index (κ1) is 10.9. The van der Waals surface area contributed by atoms with Gasteiger partial charge in [0.2, 0.25) is 0 Å². The summed E-state index contributed by atoms with van der Waals surface area (Å²) in [7, 11) is 0. The van der Waals surface area contributed by atoms with E-state index < -0.39 is 4.92 Å². The first-order chi connectivity index (χ1) is 7.58. The predicted molar refractivity (Wildman–Crippen MR) is 58.6 cm³/mol. The second kappa shape index (κ2) is 4.08. The number of rotatable bonds is 4. The molecule has 1 saturated carbocycles. The normalized spacial score (nSPS) is 15.2. The molecule has 86 valence electrons. The average Bonchev–Trinajstić information content (AvgIpc) is 3.01. The Labute approximate surface area is 93.6 Å². The van der Waals surface area contributed by atoms with Crippen molar-refractivity contribution >= 4 is 5.69 Å². The summed E-state index contributed by atoms with van der Waals surface area (Å²) in [6.07, 6.45) is 3.85. The van der Waals surface area contributed by atoms with Crippen LogP contribution in [0, 0.1) is 10.1 Å². The Kier molecular flexibility index (Phi) is 2.77. The molecule has 1 aromatic rings. The van der Waals surface area contributed by atoms with E-state index in [1.165, 1.54) is 6.07 Å². The summed E-state index contributed by atoms with van der Waals surface area (Å²) in [6, 6.07) is 1.47. The fraction of sp³-hybridized carbons (Fsp3) is 0.545. The number of nitrogens with zero attached hydrogens (tertiary/aromatic N) is 2.